The summed E-state index contributed by atoms with van der Waals surface area (Å²) in [6.07, 6.45) is 5.01. The van der Waals surface area contributed by atoms with Crippen LogP contribution in [-0.4, -0.2) is 36.7 Å². The summed E-state index contributed by atoms with van der Waals surface area (Å²) < 4.78 is 4.76. The minimum Gasteiger partial charge on any atom is -0.461 e. The lowest BCUT2D eigenvalue weighted by atomic mass is 10.3. The summed E-state index contributed by atoms with van der Waals surface area (Å²) in [6.45, 7) is 0.302. The van der Waals surface area contributed by atoms with Crippen molar-refractivity contribution >= 4 is 22.7 Å². The molecule has 76 valence electrons. The summed E-state index contributed by atoms with van der Waals surface area (Å²) in [5, 5.41) is 15.0. The number of hydrogen-bond donors (Lipinski definition) is 1. The smallest absolute Gasteiger partial charge is 0.358 e. The third-order valence-electron chi connectivity index (χ3n) is 1.37. The maximum atomic E-state index is 11.0. The molecule has 0 unspecified atom stereocenters. The number of hydrogen-bond acceptors (Lipinski definition) is 4. The molecule has 0 amide bonds. The van der Waals surface area contributed by atoms with Crippen LogP contribution in [-0.2, 0) is 20.4 Å². The summed E-state index contributed by atoms with van der Waals surface area (Å²) in [6, 6.07) is 1.55. The molecule has 0 aliphatic heterocycles. The highest BCUT2D eigenvalue weighted by atomic mass is 32.2. The fraction of sp³-hybridized carbons (Fsp3) is 0.556. The number of esters is 1. The Labute approximate surface area is 86.4 Å². The Hall–Kier alpha value is -1.24. The van der Waals surface area contributed by atoms with Gasteiger partial charge in [-0.2, -0.15) is 5.26 Å². The molecule has 1 N–H and O–H groups in total. The first-order valence-electron chi connectivity index (χ1n) is 4.03. The van der Waals surface area contributed by atoms with Crippen LogP contribution in [0.3, 0.4) is 0 Å². The van der Waals surface area contributed by atoms with E-state index in [-0.39, 0.29) is 5.57 Å². The molecule has 0 aliphatic carbocycles. The van der Waals surface area contributed by atoms with Gasteiger partial charge in [-0.3, -0.25) is 5.41 Å². The summed E-state index contributed by atoms with van der Waals surface area (Å²) in [5.41, 5.74) is -0.378. The molecule has 14 heavy (non-hydrogen) atoms. The van der Waals surface area contributed by atoms with Gasteiger partial charge in [-0.05, 0) is 10.9 Å². The summed E-state index contributed by atoms with van der Waals surface area (Å²) in [7, 11) is 0.340. The van der Waals surface area contributed by atoms with Crippen LogP contribution in [0.1, 0.15) is 6.42 Å². The van der Waals surface area contributed by atoms with E-state index >= 15 is 0 Å². The van der Waals surface area contributed by atoms with Crippen molar-refractivity contribution in [3.63, 3.8) is 0 Å². The van der Waals surface area contributed by atoms with Gasteiger partial charge in [0.15, 0.2) is 5.57 Å². The normalized spacial score (nSPS) is 9.00. The van der Waals surface area contributed by atoms with E-state index in [4.69, 9.17) is 15.4 Å². The van der Waals surface area contributed by atoms with Crippen molar-refractivity contribution < 1.29 is 9.53 Å². The number of rotatable bonds is 5. The molecule has 0 aromatic heterocycles. The number of nitrogens with one attached hydrogen (secondary N) is 1. The predicted molar refractivity (Wildman–Crippen MR) is 56.5 cm³/mol. The van der Waals surface area contributed by atoms with E-state index in [1.54, 1.807) is 11.9 Å². The zero-order valence-corrected chi connectivity index (χ0v) is 9.11. The van der Waals surface area contributed by atoms with Gasteiger partial charge in [0.25, 0.3) is 0 Å². The molecule has 0 radical (unpaired) electrons. The van der Waals surface area contributed by atoms with E-state index in [0.717, 1.165) is 12.2 Å². The van der Waals surface area contributed by atoms with E-state index in [2.05, 4.69) is 12.5 Å². The first-order chi connectivity index (χ1) is 6.61. The van der Waals surface area contributed by atoms with Gasteiger partial charge in [-0.1, -0.05) is 0 Å². The van der Waals surface area contributed by atoms with E-state index in [1.165, 1.54) is 0 Å². The topological polar surface area (TPSA) is 73.9 Å². The lowest BCUT2D eigenvalue weighted by Crippen LogP contribution is -2.11. The van der Waals surface area contributed by atoms with Crippen LogP contribution in [0.15, 0.2) is 5.57 Å². The second kappa shape index (κ2) is 7.19. The van der Waals surface area contributed by atoms with Gasteiger partial charge in [0.2, 0.25) is 0 Å². The molecule has 0 atom stereocenters. The van der Waals surface area contributed by atoms with Crippen molar-refractivity contribution in [2.24, 2.45) is 0 Å². The first kappa shape index (κ1) is 12.8. The predicted octanol–water partition coefficient (Wildman–Crippen LogP) is 0.496. The van der Waals surface area contributed by atoms with Crippen molar-refractivity contribution in [3.8, 4) is 6.07 Å². The Balaban J connectivity index is 3.77. The largest absolute Gasteiger partial charge is 0.461 e. The minimum atomic E-state index is -0.755. The molecule has 0 saturated carbocycles. The van der Waals surface area contributed by atoms with Crippen LogP contribution in [0.5, 0.6) is 0 Å². The Morgan fingerprint density at radius 3 is 2.64 bits per heavy atom. The lowest BCUT2D eigenvalue weighted by molar-refractivity contribution is -0.138. The molecule has 4 nitrogen and oxygen atoms in total. The SMILES string of the molecule is C[S+](C)CCCOC(=O)C(=C=N)C#N. The van der Waals surface area contributed by atoms with Crippen LogP contribution in [0.4, 0.5) is 0 Å². The van der Waals surface area contributed by atoms with E-state index in [0.29, 0.717) is 17.5 Å². The average Bonchev–Trinajstić information content (AvgIpc) is 2.14. The van der Waals surface area contributed by atoms with Gasteiger partial charge >= 0.3 is 5.97 Å². The van der Waals surface area contributed by atoms with E-state index in [9.17, 15) is 4.79 Å². The molecule has 5 heteroatoms. The Morgan fingerprint density at radius 1 is 1.57 bits per heavy atom. The van der Waals surface area contributed by atoms with Gasteiger partial charge < -0.3 is 4.74 Å². The molecular weight excluding hydrogens is 200 g/mol. The van der Waals surface area contributed by atoms with Gasteiger partial charge in [-0.25, -0.2) is 4.79 Å². The van der Waals surface area contributed by atoms with Crippen LogP contribution in [0, 0.1) is 16.7 Å². The number of ether oxygens (including phenoxy) is 1. The number of carbonyl (C=O) groups excluding carboxylic acids is 1. The van der Waals surface area contributed by atoms with Gasteiger partial charge in [0.1, 0.15) is 11.8 Å². The van der Waals surface area contributed by atoms with Crippen molar-refractivity contribution in [2.75, 3.05) is 24.9 Å². The third kappa shape index (κ3) is 5.41. The molecule has 0 aromatic rings. The maximum absolute atomic E-state index is 11.0. The van der Waals surface area contributed by atoms with Crippen molar-refractivity contribution in [2.45, 2.75) is 6.42 Å². The van der Waals surface area contributed by atoms with Crippen molar-refractivity contribution in [1.29, 1.82) is 10.7 Å². The van der Waals surface area contributed by atoms with Gasteiger partial charge in [0, 0.05) is 12.3 Å². The molecule has 0 rings (SSSR count). The molecular formula is C9H13N2O2S+. The van der Waals surface area contributed by atoms with Crippen LogP contribution < -0.4 is 0 Å². The van der Waals surface area contributed by atoms with Crippen molar-refractivity contribution in [1.82, 2.24) is 0 Å². The monoisotopic (exact) mass is 213 g/mol. The second-order valence-corrected chi connectivity index (χ2v) is 5.17. The summed E-state index contributed by atoms with van der Waals surface area (Å²) >= 11 is 0. The molecule has 0 spiro atoms. The molecule has 0 aliphatic rings. The van der Waals surface area contributed by atoms with E-state index in [1.807, 2.05) is 0 Å². The number of nitrogens with zero attached hydrogens (tertiary/aromatic N) is 1. The van der Waals surface area contributed by atoms with Crippen LogP contribution >= 0.6 is 0 Å². The highest BCUT2D eigenvalue weighted by Crippen LogP contribution is 1.95. The summed E-state index contributed by atoms with van der Waals surface area (Å²) in [5.74, 6) is 1.98. The fourth-order valence-corrected chi connectivity index (χ4v) is 1.40. The maximum Gasteiger partial charge on any atom is 0.358 e. The molecule has 0 bridgehead atoms. The van der Waals surface area contributed by atoms with Gasteiger partial charge in [0.05, 0.1) is 19.1 Å². The highest BCUT2D eigenvalue weighted by molar-refractivity contribution is 7.95. The Morgan fingerprint density at radius 2 is 2.21 bits per heavy atom. The Bertz CT molecular complexity index is 288. The molecule has 0 fully saturated rings. The Kier molecular flexibility index (Phi) is 6.55. The fourth-order valence-electron chi connectivity index (χ4n) is 0.709. The molecule has 0 aromatic carbocycles. The quantitative estimate of drug-likeness (QED) is 0.180. The average molecular weight is 213 g/mol. The first-order valence-corrected chi connectivity index (χ1v) is 6.24. The number of nitriles is 1. The van der Waals surface area contributed by atoms with Crippen LogP contribution in [0.2, 0.25) is 0 Å². The zero-order chi connectivity index (χ0) is 11.0. The molecule has 0 heterocycles. The lowest BCUT2D eigenvalue weighted by Gasteiger charge is -2.00. The number of carbonyl (C=O) groups is 1. The van der Waals surface area contributed by atoms with Gasteiger partial charge in [-0.15, -0.1) is 0 Å². The second-order valence-electron chi connectivity index (χ2n) is 2.79. The standard InChI is InChI=1S/C9H13N2O2S/c1-14(2)5-3-4-13-9(12)8(6-10)7-11/h10H,3-5H2,1-2H3/q+1. The van der Waals surface area contributed by atoms with E-state index < -0.39 is 5.97 Å². The molecule has 0 saturated heterocycles. The van der Waals surface area contributed by atoms with Crippen LogP contribution in [0.25, 0.3) is 0 Å². The third-order valence-corrected chi connectivity index (χ3v) is 2.48. The minimum absolute atomic E-state index is 0.302. The highest BCUT2D eigenvalue weighted by Gasteiger charge is 2.10. The van der Waals surface area contributed by atoms with Crippen molar-refractivity contribution in [3.05, 3.63) is 5.57 Å². The summed E-state index contributed by atoms with van der Waals surface area (Å²) in [4.78, 5) is 11.0. The zero-order valence-electron chi connectivity index (χ0n) is 8.29.